The second-order valence-electron chi connectivity index (χ2n) is 5.61. The van der Waals surface area contributed by atoms with Crippen LogP contribution in [0.4, 0.5) is 0 Å². The van der Waals surface area contributed by atoms with Gasteiger partial charge in [0.15, 0.2) is 5.76 Å². The van der Waals surface area contributed by atoms with Crippen LogP contribution in [0.25, 0.3) is 0 Å². The lowest BCUT2D eigenvalue weighted by molar-refractivity contribution is 0.0647. The molecule has 2 aromatic heterocycles. The average Bonchev–Trinajstić information content (AvgIpc) is 3.11. The number of aromatic nitrogens is 1. The van der Waals surface area contributed by atoms with E-state index in [1.807, 2.05) is 0 Å². The maximum atomic E-state index is 12.3. The number of hydrogen-bond acceptors (Lipinski definition) is 4. The monoisotopic (exact) mass is 349 g/mol. The molecule has 8 heteroatoms. The SMILES string of the molecule is O=C(N[C@@H]1CCCN(C(=O)c2ccco2)C1)c1c[nH]c(=O)c(Cl)c1. The largest absolute Gasteiger partial charge is 0.459 e. The van der Waals surface area contributed by atoms with Crippen LogP contribution >= 0.6 is 11.6 Å². The van der Waals surface area contributed by atoms with Gasteiger partial charge >= 0.3 is 0 Å². The second-order valence-corrected chi connectivity index (χ2v) is 6.01. The van der Waals surface area contributed by atoms with Gasteiger partial charge < -0.3 is 19.6 Å². The highest BCUT2D eigenvalue weighted by atomic mass is 35.5. The normalized spacial score (nSPS) is 17.5. The molecule has 0 radical (unpaired) electrons. The third kappa shape index (κ3) is 3.51. The van der Waals surface area contributed by atoms with Crippen LogP contribution in [0.2, 0.25) is 5.02 Å². The summed E-state index contributed by atoms with van der Waals surface area (Å²) in [4.78, 5) is 39.9. The fourth-order valence-electron chi connectivity index (χ4n) is 2.69. The number of hydrogen-bond donors (Lipinski definition) is 2. The van der Waals surface area contributed by atoms with Crippen molar-refractivity contribution in [3.8, 4) is 0 Å². The maximum Gasteiger partial charge on any atom is 0.289 e. The molecule has 3 heterocycles. The van der Waals surface area contributed by atoms with Crippen LogP contribution < -0.4 is 10.9 Å². The number of nitrogens with one attached hydrogen (secondary N) is 2. The minimum atomic E-state index is -0.443. The molecule has 0 spiro atoms. The quantitative estimate of drug-likeness (QED) is 0.880. The topological polar surface area (TPSA) is 95.4 Å². The molecule has 2 N–H and O–H groups in total. The number of carbonyl (C=O) groups excluding carboxylic acids is 2. The summed E-state index contributed by atoms with van der Waals surface area (Å²) in [5.74, 6) is -0.245. The van der Waals surface area contributed by atoms with Gasteiger partial charge in [-0.25, -0.2) is 0 Å². The van der Waals surface area contributed by atoms with E-state index in [0.717, 1.165) is 12.8 Å². The number of likely N-dealkylation sites (tertiary alicyclic amines) is 1. The molecule has 0 aromatic carbocycles. The van der Waals surface area contributed by atoms with Gasteiger partial charge in [0.1, 0.15) is 5.02 Å². The molecule has 3 rings (SSSR count). The van der Waals surface area contributed by atoms with E-state index in [2.05, 4.69) is 10.3 Å². The van der Waals surface area contributed by atoms with Crippen molar-refractivity contribution in [1.29, 1.82) is 0 Å². The lowest BCUT2D eigenvalue weighted by Gasteiger charge is -2.32. The first-order chi connectivity index (χ1) is 11.5. The third-order valence-electron chi connectivity index (χ3n) is 3.90. The van der Waals surface area contributed by atoms with Crippen LogP contribution in [0.15, 0.2) is 39.9 Å². The Morgan fingerprint density at radius 2 is 2.25 bits per heavy atom. The molecule has 2 amide bonds. The van der Waals surface area contributed by atoms with Gasteiger partial charge in [-0.1, -0.05) is 11.6 Å². The second kappa shape index (κ2) is 6.92. The van der Waals surface area contributed by atoms with Crippen LogP contribution in [0, 0.1) is 0 Å². The first kappa shape index (κ1) is 16.3. The highest BCUT2D eigenvalue weighted by molar-refractivity contribution is 6.30. The average molecular weight is 350 g/mol. The van der Waals surface area contributed by atoms with Crippen molar-refractivity contribution in [2.75, 3.05) is 13.1 Å². The van der Waals surface area contributed by atoms with Crippen molar-refractivity contribution in [2.24, 2.45) is 0 Å². The summed E-state index contributed by atoms with van der Waals surface area (Å²) in [5.41, 5.74) is -0.171. The highest BCUT2D eigenvalue weighted by Gasteiger charge is 2.27. The number of rotatable bonds is 3. The van der Waals surface area contributed by atoms with E-state index >= 15 is 0 Å². The molecule has 0 saturated carbocycles. The summed E-state index contributed by atoms with van der Waals surface area (Å²) in [5, 5.41) is 2.83. The van der Waals surface area contributed by atoms with E-state index < -0.39 is 5.56 Å². The van der Waals surface area contributed by atoms with Gasteiger partial charge in [-0.2, -0.15) is 0 Å². The Bertz CT molecular complexity index is 800. The third-order valence-corrected chi connectivity index (χ3v) is 4.18. The number of aromatic amines is 1. The van der Waals surface area contributed by atoms with Crippen LogP contribution in [-0.4, -0.2) is 40.8 Å². The van der Waals surface area contributed by atoms with Gasteiger partial charge in [-0.15, -0.1) is 0 Å². The maximum absolute atomic E-state index is 12.3. The van der Waals surface area contributed by atoms with E-state index in [9.17, 15) is 14.4 Å². The van der Waals surface area contributed by atoms with Gasteiger partial charge in [0.05, 0.1) is 11.8 Å². The molecule has 1 aliphatic heterocycles. The number of furan rings is 1. The summed E-state index contributed by atoms with van der Waals surface area (Å²) in [6, 6.07) is 4.43. The number of pyridine rings is 1. The first-order valence-electron chi connectivity index (χ1n) is 7.56. The predicted molar refractivity (Wildman–Crippen MR) is 87.2 cm³/mol. The molecule has 2 aromatic rings. The highest BCUT2D eigenvalue weighted by Crippen LogP contribution is 2.15. The predicted octanol–water partition coefficient (Wildman–Crippen LogP) is 1.66. The van der Waals surface area contributed by atoms with E-state index in [0.29, 0.717) is 13.1 Å². The molecule has 0 unspecified atom stereocenters. The molecule has 1 atom stereocenters. The van der Waals surface area contributed by atoms with Gasteiger partial charge in [-0.3, -0.25) is 14.4 Å². The van der Waals surface area contributed by atoms with Crippen molar-refractivity contribution >= 4 is 23.4 Å². The number of halogens is 1. The van der Waals surface area contributed by atoms with Crippen molar-refractivity contribution in [3.05, 3.63) is 57.4 Å². The smallest absolute Gasteiger partial charge is 0.289 e. The van der Waals surface area contributed by atoms with E-state index in [-0.39, 0.29) is 34.2 Å². The molecule has 126 valence electrons. The molecule has 1 aliphatic rings. The lowest BCUT2D eigenvalue weighted by Crippen LogP contribution is -2.49. The molecule has 24 heavy (non-hydrogen) atoms. The minimum absolute atomic E-state index is 0.0408. The van der Waals surface area contributed by atoms with Crippen molar-refractivity contribution < 1.29 is 14.0 Å². The molecule has 7 nitrogen and oxygen atoms in total. The van der Waals surface area contributed by atoms with E-state index in [4.69, 9.17) is 16.0 Å². The molecule has 1 saturated heterocycles. The number of piperidine rings is 1. The van der Waals surface area contributed by atoms with Crippen molar-refractivity contribution in [2.45, 2.75) is 18.9 Å². The first-order valence-corrected chi connectivity index (χ1v) is 7.94. The fraction of sp³-hybridized carbons (Fsp3) is 0.312. The molecule has 0 aliphatic carbocycles. The zero-order valence-corrected chi connectivity index (χ0v) is 13.5. The van der Waals surface area contributed by atoms with E-state index in [1.165, 1.54) is 18.5 Å². The summed E-state index contributed by atoms with van der Waals surface area (Å²) in [6.07, 6.45) is 4.32. The number of H-pyrrole nitrogens is 1. The Labute approximate surface area is 142 Å². The van der Waals surface area contributed by atoms with Crippen LogP contribution in [0.5, 0.6) is 0 Å². The lowest BCUT2D eigenvalue weighted by atomic mass is 10.0. The van der Waals surface area contributed by atoms with Gasteiger partial charge in [0, 0.05) is 25.3 Å². The summed E-state index contributed by atoms with van der Waals surface area (Å²) < 4.78 is 5.13. The zero-order chi connectivity index (χ0) is 17.1. The Balaban J connectivity index is 1.64. The summed E-state index contributed by atoms with van der Waals surface area (Å²) in [6.45, 7) is 1.03. The minimum Gasteiger partial charge on any atom is -0.459 e. The van der Waals surface area contributed by atoms with Crippen LogP contribution in [-0.2, 0) is 0 Å². The van der Waals surface area contributed by atoms with Crippen molar-refractivity contribution in [1.82, 2.24) is 15.2 Å². The Hall–Kier alpha value is -2.54. The standard InChI is InChI=1S/C16H16ClN3O4/c17-12-7-10(8-18-15(12)22)14(21)19-11-3-1-5-20(9-11)16(23)13-4-2-6-24-13/h2,4,6-8,11H,1,3,5,9H2,(H,18,22)(H,19,21)/t11-/m1/s1. The Kier molecular flexibility index (Phi) is 4.71. The Morgan fingerprint density at radius 1 is 1.42 bits per heavy atom. The number of nitrogens with zero attached hydrogens (tertiary/aromatic N) is 1. The number of carbonyl (C=O) groups is 2. The van der Waals surface area contributed by atoms with Crippen LogP contribution in [0.3, 0.4) is 0 Å². The van der Waals surface area contributed by atoms with Crippen molar-refractivity contribution in [3.63, 3.8) is 0 Å². The molecular weight excluding hydrogens is 334 g/mol. The van der Waals surface area contributed by atoms with Gasteiger partial charge in [-0.05, 0) is 31.0 Å². The fourth-order valence-corrected chi connectivity index (χ4v) is 2.86. The summed E-state index contributed by atoms with van der Waals surface area (Å²) >= 11 is 5.74. The van der Waals surface area contributed by atoms with Gasteiger partial charge in [0.25, 0.3) is 17.4 Å². The van der Waals surface area contributed by atoms with E-state index in [1.54, 1.807) is 17.0 Å². The molecule has 1 fully saturated rings. The molecule has 0 bridgehead atoms. The van der Waals surface area contributed by atoms with Gasteiger partial charge in [0.2, 0.25) is 0 Å². The summed E-state index contributed by atoms with van der Waals surface area (Å²) in [7, 11) is 0. The number of amides is 2. The zero-order valence-electron chi connectivity index (χ0n) is 12.8. The van der Waals surface area contributed by atoms with Crippen LogP contribution in [0.1, 0.15) is 33.8 Å². The Morgan fingerprint density at radius 3 is 2.96 bits per heavy atom. The molecular formula is C16H16ClN3O4.